The number of anilines is 1. The van der Waals surface area contributed by atoms with E-state index in [1.165, 1.54) is 12.1 Å². The molecule has 1 fully saturated rings. The minimum atomic E-state index is -0.555. The van der Waals surface area contributed by atoms with Gasteiger partial charge in [0, 0.05) is 37.0 Å². The van der Waals surface area contributed by atoms with Gasteiger partial charge in [-0.1, -0.05) is 6.07 Å². The molecule has 1 unspecified atom stereocenters. The highest BCUT2D eigenvalue weighted by Gasteiger charge is 2.23. The molecule has 4 nitrogen and oxygen atoms in total. The van der Waals surface area contributed by atoms with Crippen LogP contribution >= 0.6 is 12.4 Å². The first-order valence-corrected chi connectivity index (χ1v) is 8.30. The predicted molar refractivity (Wildman–Crippen MR) is 100 cm³/mol. The third-order valence-electron chi connectivity index (χ3n) is 4.40. The number of hydrogen-bond acceptors (Lipinski definition) is 3. The molecule has 2 aromatic carbocycles. The Hall–Kier alpha value is -2.18. The smallest absolute Gasteiger partial charge is 0.251 e. The topological polar surface area (TPSA) is 58.4 Å². The van der Waals surface area contributed by atoms with E-state index in [1.54, 1.807) is 24.3 Å². The number of carbonyl (C=O) groups is 1. The number of nitrogens with two attached hydrogens (primary N) is 1. The third kappa shape index (κ3) is 5.41. The predicted octanol–water partition coefficient (Wildman–Crippen LogP) is 3.22. The van der Waals surface area contributed by atoms with E-state index in [0.29, 0.717) is 35.8 Å². The van der Waals surface area contributed by atoms with Gasteiger partial charge in [0.15, 0.2) is 0 Å². The van der Waals surface area contributed by atoms with Crippen molar-refractivity contribution >= 4 is 24.0 Å². The Morgan fingerprint density at radius 3 is 2.62 bits per heavy atom. The lowest BCUT2D eigenvalue weighted by molar-refractivity contribution is 0.0947. The van der Waals surface area contributed by atoms with Gasteiger partial charge in [-0.15, -0.1) is 12.4 Å². The molecule has 1 atom stereocenters. The van der Waals surface area contributed by atoms with Gasteiger partial charge in [-0.2, -0.15) is 0 Å². The van der Waals surface area contributed by atoms with Gasteiger partial charge >= 0.3 is 0 Å². The van der Waals surface area contributed by atoms with Gasteiger partial charge in [0.1, 0.15) is 11.6 Å². The molecule has 3 rings (SSSR count). The molecule has 1 aliphatic heterocycles. The number of rotatable bonds is 5. The fourth-order valence-electron chi connectivity index (χ4n) is 3.20. The van der Waals surface area contributed by atoms with Gasteiger partial charge in [-0.05, 0) is 54.8 Å². The first kappa shape index (κ1) is 20.1. The van der Waals surface area contributed by atoms with Crippen LogP contribution < -0.4 is 11.1 Å². The molecule has 0 spiro atoms. The summed E-state index contributed by atoms with van der Waals surface area (Å²) in [5.41, 5.74) is 7.42. The Morgan fingerprint density at radius 1 is 1.19 bits per heavy atom. The van der Waals surface area contributed by atoms with Crippen molar-refractivity contribution < 1.29 is 13.6 Å². The number of amides is 1. The summed E-state index contributed by atoms with van der Waals surface area (Å²) in [6, 6.07) is 10.5. The molecule has 1 heterocycles. The third-order valence-corrected chi connectivity index (χ3v) is 4.40. The van der Waals surface area contributed by atoms with Gasteiger partial charge in [0.2, 0.25) is 0 Å². The zero-order valence-electron chi connectivity index (χ0n) is 14.3. The molecule has 1 amide bonds. The molecular formula is C19H22ClF2N3O. The number of carbonyl (C=O) groups excluding carboxylic acids is 1. The number of likely N-dealkylation sites (tertiary alicyclic amines) is 1. The number of nitrogen functional groups attached to an aromatic ring is 1. The lowest BCUT2D eigenvalue weighted by atomic mass is 10.1. The van der Waals surface area contributed by atoms with Gasteiger partial charge in [0.25, 0.3) is 5.91 Å². The first-order valence-electron chi connectivity index (χ1n) is 8.30. The van der Waals surface area contributed by atoms with E-state index in [0.717, 1.165) is 25.6 Å². The Kier molecular flexibility index (Phi) is 6.94. The summed E-state index contributed by atoms with van der Waals surface area (Å²) in [4.78, 5) is 14.3. The number of nitrogens with one attached hydrogen (secondary N) is 1. The van der Waals surface area contributed by atoms with Crippen LogP contribution in [0.15, 0.2) is 42.5 Å². The van der Waals surface area contributed by atoms with Crippen molar-refractivity contribution in [1.29, 1.82) is 0 Å². The second-order valence-corrected chi connectivity index (χ2v) is 6.50. The molecule has 0 bridgehead atoms. The lowest BCUT2D eigenvalue weighted by Crippen LogP contribution is -2.31. The maximum absolute atomic E-state index is 13.3. The van der Waals surface area contributed by atoms with Crippen molar-refractivity contribution in [2.45, 2.75) is 13.0 Å². The zero-order chi connectivity index (χ0) is 17.8. The summed E-state index contributed by atoms with van der Waals surface area (Å²) in [6.45, 7) is 2.71. The van der Waals surface area contributed by atoms with Crippen LogP contribution in [0.25, 0.3) is 0 Å². The van der Waals surface area contributed by atoms with Crippen molar-refractivity contribution in [1.82, 2.24) is 10.2 Å². The standard InChI is InChI=1S/C19H21F2N3O.ClH/c20-16-6-14(7-17(21)9-16)12-24-5-4-13(11-24)10-23-19(25)15-2-1-3-18(22)8-15;/h1-3,6-9,13H,4-5,10-12,22H2,(H,23,25);1H. The molecule has 26 heavy (non-hydrogen) atoms. The van der Waals surface area contributed by atoms with E-state index in [1.807, 2.05) is 0 Å². The quantitative estimate of drug-likeness (QED) is 0.782. The number of nitrogens with zero attached hydrogens (tertiary/aromatic N) is 1. The normalized spacial score (nSPS) is 16.9. The van der Waals surface area contributed by atoms with E-state index < -0.39 is 11.6 Å². The maximum Gasteiger partial charge on any atom is 0.251 e. The summed E-state index contributed by atoms with van der Waals surface area (Å²) in [5.74, 6) is -0.929. The minimum absolute atomic E-state index is 0. The molecule has 1 saturated heterocycles. The fraction of sp³-hybridized carbons (Fsp3) is 0.316. The van der Waals surface area contributed by atoms with Crippen molar-refractivity contribution in [3.8, 4) is 0 Å². The molecule has 140 valence electrons. The molecule has 3 N–H and O–H groups in total. The molecule has 0 saturated carbocycles. The van der Waals surface area contributed by atoms with Crippen molar-refractivity contribution in [2.24, 2.45) is 5.92 Å². The molecule has 1 aliphatic rings. The number of halogens is 3. The van der Waals surface area contributed by atoms with Crippen molar-refractivity contribution in [3.63, 3.8) is 0 Å². The van der Waals surface area contributed by atoms with E-state index in [9.17, 15) is 13.6 Å². The SMILES string of the molecule is Cl.Nc1cccc(C(=O)NCC2CCN(Cc3cc(F)cc(F)c3)C2)c1. The largest absolute Gasteiger partial charge is 0.399 e. The second-order valence-electron chi connectivity index (χ2n) is 6.50. The summed E-state index contributed by atoms with van der Waals surface area (Å²) in [7, 11) is 0. The minimum Gasteiger partial charge on any atom is -0.399 e. The Bertz CT molecular complexity index is 752. The average Bonchev–Trinajstić information content (AvgIpc) is 2.99. The Labute approximate surface area is 157 Å². The lowest BCUT2D eigenvalue weighted by Gasteiger charge is -2.16. The van der Waals surface area contributed by atoms with Crippen LogP contribution in [0.2, 0.25) is 0 Å². The van der Waals surface area contributed by atoms with Crippen LogP contribution in [0, 0.1) is 17.6 Å². The maximum atomic E-state index is 13.3. The molecule has 0 aromatic heterocycles. The number of hydrogen-bond donors (Lipinski definition) is 2. The zero-order valence-corrected chi connectivity index (χ0v) is 15.1. The Balaban J connectivity index is 0.00000243. The summed E-state index contributed by atoms with van der Waals surface area (Å²) >= 11 is 0. The van der Waals surface area contributed by atoms with E-state index in [2.05, 4.69) is 10.2 Å². The van der Waals surface area contributed by atoms with Crippen molar-refractivity contribution in [2.75, 3.05) is 25.4 Å². The van der Waals surface area contributed by atoms with Crippen molar-refractivity contribution in [3.05, 3.63) is 65.2 Å². The fourth-order valence-corrected chi connectivity index (χ4v) is 3.20. The van der Waals surface area contributed by atoms with E-state index in [4.69, 9.17) is 5.73 Å². The molecular weight excluding hydrogens is 360 g/mol. The highest BCUT2D eigenvalue weighted by Crippen LogP contribution is 2.19. The van der Waals surface area contributed by atoms with Crippen LogP contribution in [0.3, 0.4) is 0 Å². The van der Waals surface area contributed by atoms with Crippen LogP contribution in [0.4, 0.5) is 14.5 Å². The van der Waals surface area contributed by atoms with E-state index >= 15 is 0 Å². The summed E-state index contributed by atoms with van der Waals surface area (Å²) in [6.07, 6.45) is 0.939. The molecule has 2 aromatic rings. The average molecular weight is 382 g/mol. The molecule has 7 heteroatoms. The summed E-state index contributed by atoms with van der Waals surface area (Å²) < 4.78 is 26.5. The second kappa shape index (κ2) is 8.96. The van der Waals surface area contributed by atoms with Gasteiger partial charge in [0.05, 0.1) is 0 Å². The van der Waals surface area contributed by atoms with Crippen LogP contribution in [0.1, 0.15) is 22.3 Å². The van der Waals surface area contributed by atoms with Gasteiger partial charge in [-0.25, -0.2) is 8.78 Å². The first-order chi connectivity index (χ1) is 12.0. The molecule has 0 aliphatic carbocycles. The highest BCUT2D eigenvalue weighted by atomic mass is 35.5. The monoisotopic (exact) mass is 381 g/mol. The molecule has 0 radical (unpaired) electrons. The summed E-state index contributed by atoms with van der Waals surface area (Å²) in [5, 5.41) is 2.93. The van der Waals surface area contributed by atoms with Gasteiger partial charge in [-0.3, -0.25) is 9.69 Å². The van der Waals surface area contributed by atoms with Crippen LogP contribution in [-0.4, -0.2) is 30.4 Å². The number of benzene rings is 2. The Morgan fingerprint density at radius 2 is 1.92 bits per heavy atom. The van der Waals surface area contributed by atoms with Crippen LogP contribution in [-0.2, 0) is 6.54 Å². The van der Waals surface area contributed by atoms with E-state index in [-0.39, 0.29) is 18.3 Å². The van der Waals surface area contributed by atoms with Crippen LogP contribution in [0.5, 0.6) is 0 Å². The highest BCUT2D eigenvalue weighted by molar-refractivity contribution is 5.94. The van der Waals surface area contributed by atoms with Gasteiger partial charge < -0.3 is 11.1 Å².